The van der Waals surface area contributed by atoms with Crippen molar-refractivity contribution in [3.05, 3.63) is 119 Å². The molecule has 0 bridgehead atoms. The van der Waals surface area contributed by atoms with Crippen molar-refractivity contribution in [2.45, 2.75) is 0 Å². The molecule has 0 N–H and O–H groups in total. The van der Waals surface area contributed by atoms with Crippen LogP contribution in [0.5, 0.6) is 11.5 Å². The summed E-state index contributed by atoms with van der Waals surface area (Å²) >= 11 is 0. The highest BCUT2D eigenvalue weighted by molar-refractivity contribution is 7.82. The maximum absolute atomic E-state index is 12.4. The first-order valence-electron chi connectivity index (χ1n) is 11.5. The fraction of sp³-hybridized carbons (Fsp3) is 0. The highest BCUT2D eigenvalue weighted by Gasteiger charge is 2.36. The number of benzene rings is 4. The lowest BCUT2D eigenvalue weighted by molar-refractivity contribution is 0.0900. The van der Waals surface area contributed by atoms with Crippen molar-refractivity contribution in [3.63, 3.8) is 0 Å². The minimum absolute atomic E-state index is 0.0319. The third kappa shape index (κ3) is 4.60. The molecule has 0 fully saturated rings. The van der Waals surface area contributed by atoms with Gasteiger partial charge in [0.2, 0.25) is 17.1 Å². The van der Waals surface area contributed by atoms with E-state index in [0.717, 1.165) is 16.5 Å². The van der Waals surface area contributed by atoms with Crippen LogP contribution in [-0.4, -0.2) is 8.42 Å². The van der Waals surface area contributed by atoms with Crippen LogP contribution in [0.25, 0.3) is 46.2 Å². The third-order valence-electron chi connectivity index (χ3n) is 5.90. The summed E-state index contributed by atoms with van der Waals surface area (Å²) in [5.41, 5.74) is 3.68. The molecule has 0 aliphatic carbocycles. The first-order valence-corrected chi connectivity index (χ1v) is 12.9. The van der Waals surface area contributed by atoms with E-state index >= 15 is 0 Å². The summed E-state index contributed by atoms with van der Waals surface area (Å²) in [6, 6.07) is 30.6. The predicted molar refractivity (Wildman–Crippen MR) is 145 cm³/mol. The van der Waals surface area contributed by atoms with Gasteiger partial charge >= 0.3 is 10.4 Å². The lowest BCUT2D eigenvalue weighted by Gasteiger charge is -2.09. The van der Waals surface area contributed by atoms with Crippen LogP contribution < -0.4 is 8.37 Å². The minimum atomic E-state index is -4.33. The number of hydrogen-bond donors (Lipinski definition) is 0. The topological polar surface area (TPSA) is 78.9 Å². The average molecular weight is 509 g/mol. The van der Waals surface area contributed by atoms with E-state index < -0.39 is 10.4 Å². The fourth-order valence-corrected chi connectivity index (χ4v) is 4.91. The van der Waals surface area contributed by atoms with Crippen LogP contribution in [0.15, 0.2) is 106 Å². The molecule has 182 valence electrons. The van der Waals surface area contributed by atoms with Gasteiger partial charge in [-0.15, -0.1) is 8.42 Å². The highest BCUT2D eigenvalue weighted by Crippen LogP contribution is 2.48. The largest absolute Gasteiger partial charge is 0.501 e. The molecule has 0 saturated heterocycles. The minimum Gasteiger partial charge on any atom is -0.348 e. The maximum atomic E-state index is 12.4. The molecule has 37 heavy (non-hydrogen) atoms. The summed E-state index contributed by atoms with van der Waals surface area (Å²) in [7, 11) is -4.33. The zero-order valence-corrected chi connectivity index (χ0v) is 20.2. The van der Waals surface area contributed by atoms with Crippen LogP contribution in [0.1, 0.15) is 22.3 Å². The maximum Gasteiger partial charge on any atom is 0.501 e. The van der Waals surface area contributed by atoms with Crippen LogP contribution >= 0.6 is 0 Å². The molecule has 1 aromatic heterocycles. The van der Waals surface area contributed by atoms with Crippen molar-refractivity contribution in [2.75, 3.05) is 0 Å². The van der Waals surface area contributed by atoms with E-state index in [9.17, 15) is 8.42 Å². The van der Waals surface area contributed by atoms with E-state index in [-0.39, 0.29) is 17.1 Å². The quantitative estimate of drug-likeness (QED) is 0.183. The fourth-order valence-electron chi connectivity index (χ4n) is 4.15. The van der Waals surface area contributed by atoms with E-state index in [1.54, 1.807) is 6.07 Å². The molecule has 0 saturated carbocycles. The predicted octanol–water partition coefficient (Wildman–Crippen LogP) is 7.66. The summed E-state index contributed by atoms with van der Waals surface area (Å²) in [6.07, 6.45) is 7.53. The van der Waals surface area contributed by atoms with Crippen molar-refractivity contribution in [1.82, 2.24) is 0 Å². The Hall–Kier alpha value is -4.75. The monoisotopic (exact) mass is 508 g/mol. The highest BCUT2D eigenvalue weighted by atomic mass is 32.3. The zero-order chi connectivity index (χ0) is 25.2. The van der Waals surface area contributed by atoms with Gasteiger partial charge in [0.25, 0.3) is 0 Å². The first kappa shape index (κ1) is 22.7. The van der Waals surface area contributed by atoms with Gasteiger partial charge in [0.15, 0.2) is 5.58 Å². The lowest BCUT2D eigenvalue weighted by atomic mass is 9.98. The molecule has 0 amide bonds. The molecule has 4 aromatic carbocycles. The normalized spacial score (nSPS) is 14.1. The van der Waals surface area contributed by atoms with Crippen molar-refractivity contribution in [1.29, 1.82) is 0 Å². The Bertz CT molecular complexity index is 1830. The zero-order valence-electron chi connectivity index (χ0n) is 19.4. The first-order chi connectivity index (χ1) is 18.1. The van der Waals surface area contributed by atoms with E-state index in [2.05, 4.69) is 0 Å². The molecule has 0 unspecified atom stereocenters. The van der Waals surface area contributed by atoms with Gasteiger partial charge in [-0.05, 0) is 34.9 Å². The molecule has 5 aromatic rings. The van der Waals surface area contributed by atoms with Crippen molar-refractivity contribution < 1.29 is 25.9 Å². The second-order valence-corrected chi connectivity index (χ2v) is 9.48. The van der Waals surface area contributed by atoms with Gasteiger partial charge in [0.05, 0.1) is 0 Å². The van der Waals surface area contributed by atoms with Crippen molar-refractivity contribution in [2.24, 2.45) is 0 Å². The molecular formula is C30H20O6S. The van der Waals surface area contributed by atoms with E-state index in [1.807, 2.05) is 115 Å². The molecule has 6 nitrogen and oxygen atoms in total. The number of para-hydroxylation sites is 1. The van der Waals surface area contributed by atoms with E-state index in [1.165, 1.54) is 0 Å². The van der Waals surface area contributed by atoms with E-state index in [4.69, 9.17) is 17.5 Å². The average Bonchev–Trinajstić information content (AvgIpc) is 3.23. The molecule has 6 rings (SSSR count). The van der Waals surface area contributed by atoms with Crippen molar-refractivity contribution >= 4 is 56.6 Å². The second kappa shape index (κ2) is 9.37. The summed E-state index contributed by atoms with van der Waals surface area (Å²) in [5, 5.41) is 1.38. The van der Waals surface area contributed by atoms with Gasteiger partial charge in [-0.25, -0.2) is 0 Å². The van der Waals surface area contributed by atoms with Gasteiger partial charge < -0.3 is 8.37 Å². The molecule has 2 heterocycles. The Morgan fingerprint density at radius 2 is 1.14 bits per heavy atom. The van der Waals surface area contributed by atoms with Crippen molar-refractivity contribution in [3.8, 4) is 11.5 Å². The summed E-state index contributed by atoms with van der Waals surface area (Å²) in [6.45, 7) is 0. The van der Waals surface area contributed by atoms with Crippen LogP contribution in [0.2, 0.25) is 0 Å². The molecule has 0 atom stereocenters. The summed E-state index contributed by atoms with van der Waals surface area (Å²) < 4.78 is 46.8. The van der Waals surface area contributed by atoms with Crippen LogP contribution in [0, 0.1) is 0 Å². The van der Waals surface area contributed by atoms with Crippen LogP contribution in [-0.2, 0) is 10.4 Å². The van der Waals surface area contributed by atoms with Gasteiger partial charge in [-0.1, -0.05) is 103 Å². The van der Waals surface area contributed by atoms with Gasteiger partial charge in [0, 0.05) is 16.3 Å². The Morgan fingerprint density at radius 3 is 1.84 bits per heavy atom. The SMILES string of the molecule is O=S1(=O)Oc2c(/C=C/c3ccccc3)c(/C=C/c3ccccc3)c3ccc4ccccc4ooc3c2O1. The lowest BCUT2D eigenvalue weighted by Crippen LogP contribution is -2.08. The summed E-state index contributed by atoms with van der Waals surface area (Å²) in [5.74, 6) is -0.0342. The molecule has 1 aliphatic rings. The molecule has 0 radical (unpaired) electrons. The number of fused-ring (bicyclic) bond motifs is 4. The molecule has 7 heteroatoms. The molecular weight excluding hydrogens is 488 g/mol. The van der Waals surface area contributed by atoms with E-state index in [0.29, 0.717) is 22.1 Å². The standard InChI is InChI=1S/C30H20O6S/c31-37(32)35-29-26(19-16-22-11-5-2-6-12-22)24(18-15-21-9-3-1-4-10-21)25-20-17-23-13-7-8-14-27(23)33-34-28(25)30(29)36-37/h1-20H/b18-15+,19-16+,20-17?. The number of rotatable bonds is 4. The Labute approximate surface area is 213 Å². The smallest absolute Gasteiger partial charge is 0.348 e. The van der Waals surface area contributed by atoms with Gasteiger partial charge in [-0.3, -0.25) is 9.15 Å². The Balaban J connectivity index is 1.69. The van der Waals surface area contributed by atoms with Crippen LogP contribution in [0.3, 0.4) is 0 Å². The number of hydrogen-bond acceptors (Lipinski definition) is 6. The van der Waals surface area contributed by atoms with Gasteiger partial charge in [0.1, 0.15) is 0 Å². The van der Waals surface area contributed by atoms with Crippen LogP contribution in [0.4, 0.5) is 0 Å². The summed E-state index contributed by atoms with van der Waals surface area (Å²) in [4.78, 5) is 0. The Kier molecular flexibility index (Phi) is 5.75. The third-order valence-corrected chi connectivity index (χ3v) is 6.64. The molecule has 0 spiro atoms. The Morgan fingerprint density at radius 1 is 0.541 bits per heavy atom. The molecule has 1 aliphatic heterocycles. The second-order valence-electron chi connectivity index (χ2n) is 8.33. The van der Waals surface area contributed by atoms with Gasteiger partial charge in [-0.2, -0.15) is 0 Å².